The second-order valence-corrected chi connectivity index (χ2v) is 5.99. The molecule has 0 saturated carbocycles. The number of aryl methyl sites for hydroxylation is 3. The van der Waals surface area contributed by atoms with Crippen LogP contribution in [0.3, 0.4) is 0 Å². The van der Waals surface area contributed by atoms with Gasteiger partial charge in [-0.15, -0.1) is 0 Å². The lowest BCUT2D eigenvalue weighted by Crippen LogP contribution is -2.00. The fourth-order valence-electron chi connectivity index (χ4n) is 2.85. The highest BCUT2D eigenvalue weighted by Gasteiger charge is 2.11. The molecular weight excluding hydrogens is 244 g/mol. The molecule has 0 atom stereocenters. The molecule has 0 aliphatic carbocycles. The van der Waals surface area contributed by atoms with Crippen LogP contribution < -0.4 is 0 Å². The lowest BCUT2D eigenvalue weighted by atomic mass is 9.90. The average Bonchev–Trinajstić information content (AvgIpc) is 2.39. The normalized spacial score (nSPS) is 10.9. The Morgan fingerprint density at radius 3 is 1.95 bits per heavy atom. The van der Waals surface area contributed by atoms with Crippen LogP contribution >= 0.6 is 0 Å². The van der Waals surface area contributed by atoms with Crippen LogP contribution in [-0.4, -0.2) is 5.11 Å². The second kappa shape index (κ2) is 5.32. The molecule has 0 bridgehead atoms. The van der Waals surface area contributed by atoms with E-state index in [2.05, 4.69) is 45.9 Å². The Hall–Kier alpha value is -1.76. The van der Waals surface area contributed by atoms with Crippen LogP contribution in [0.25, 0.3) is 0 Å². The van der Waals surface area contributed by atoms with Crippen LogP contribution in [0.5, 0.6) is 5.75 Å². The van der Waals surface area contributed by atoms with E-state index < -0.39 is 0 Å². The lowest BCUT2D eigenvalue weighted by molar-refractivity contribution is 0.466. The number of phenols is 1. The van der Waals surface area contributed by atoms with Gasteiger partial charge in [0.1, 0.15) is 5.75 Å². The largest absolute Gasteiger partial charge is 0.507 e. The number of hydrogen-bond acceptors (Lipinski definition) is 1. The fourth-order valence-corrected chi connectivity index (χ4v) is 2.85. The quantitative estimate of drug-likeness (QED) is 0.826. The third-order valence-corrected chi connectivity index (χ3v) is 4.46. The number of phenolic OH excluding ortho intramolecular Hbond substituents is 1. The smallest absolute Gasteiger partial charge is 0.121 e. The molecule has 0 aromatic heterocycles. The van der Waals surface area contributed by atoms with E-state index in [1.165, 1.54) is 33.4 Å². The first-order valence-corrected chi connectivity index (χ1v) is 7.16. The molecule has 2 aromatic carbocycles. The lowest BCUT2D eigenvalue weighted by Gasteiger charge is -2.16. The van der Waals surface area contributed by atoms with Gasteiger partial charge in [0, 0.05) is 0 Å². The highest BCUT2D eigenvalue weighted by molar-refractivity contribution is 5.50. The molecule has 0 heterocycles. The summed E-state index contributed by atoms with van der Waals surface area (Å²) >= 11 is 0. The topological polar surface area (TPSA) is 20.2 Å². The third kappa shape index (κ3) is 2.58. The van der Waals surface area contributed by atoms with E-state index in [0.717, 1.165) is 17.5 Å². The molecule has 2 aromatic rings. The van der Waals surface area contributed by atoms with Crippen molar-refractivity contribution >= 4 is 0 Å². The summed E-state index contributed by atoms with van der Waals surface area (Å²) < 4.78 is 0. The van der Waals surface area contributed by atoms with E-state index in [9.17, 15) is 5.11 Å². The highest BCUT2D eigenvalue weighted by atomic mass is 16.3. The molecule has 0 amide bonds. The van der Waals surface area contributed by atoms with Crippen LogP contribution in [0.4, 0.5) is 0 Å². The molecule has 20 heavy (non-hydrogen) atoms. The maximum atomic E-state index is 10.0. The van der Waals surface area contributed by atoms with Crippen molar-refractivity contribution in [1.29, 1.82) is 0 Å². The summed E-state index contributed by atoms with van der Waals surface area (Å²) in [5.41, 5.74) is 9.90. The first-order valence-electron chi connectivity index (χ1n) is 7.16. The molecule has 106 valence electrons. The molecule has 0 fully saturated rings. The van der Waals surface area contributed by atoms with Gasteiger partial charge in [0.15, 0.2) is 0 Å². The van der Waals surface area contributed by atoms with Gasteiger partial charge in [0.05, 0.1) is 0 Å². The standard InChI is InChI=1S/C19H24O/c1-11-7-12(2)14(4)17(8-11)10-18-9-13(3)19(20)16(6)15(18)5/h7-9,20H,10H2,1-6H3. The predicted octanol–water partition coefficient (Wildman–Crippen LogP) is 4.83. The zero-order chi connectivity index (χ0) is 15.0. The van der Waals surface area contributed by atoms with E-state index in [4.69, 9.17) is 0 Å². The molecule has 1 heteroatoms. The van der Waals surface area contributed by atoms with E-state index in [1.54, 1.807) is 0 Å². The molecule has 0 spiro atoms. The predicted molar refractivity (Wildman–Crippen MR) is 85.8 cm³/mol. The monoisotopic (exact) mass is 268 g/mol. The molecule has 0 unspecified atom stereocenters. The SMILES string of the molecule is Cc1cc(C)c(C)c(Cc2cc(C)c(O)c(C)c2C)c1. The van der Waals surface area contributed by atoms with E-state index in [1.807, 2.05) is 13.8 Å². The van der Waals surface area contributed by atoms with Gasteiger partial charge in [-0.1, -0.05) is 23.8 Å². The molecule has 0 radical (unpaired) electrons. The van der Waals surface area contributed by atoms with Crippen molar-refractivity contribution in [3.05, 3.63) is 62.7 Å². The molecular formula is C19H24O. The number of rotatable bonds is 2. The van der Waals surface area contributed by atoms with Crippen molar-refractivity contribution in [2.45, 2.75) is 48.0 Å². The number of hydrogen-bond donors (Lipinski definition) is 1. The summed E-state index contributed by atoms with van der Waals surface area (Å²) in [6.07, 6.45) is 0.933. The van der Waals surface area contributed by atoms with Crippen LogP contribution in [0, 0.1) is 41.5 Å². The molecule has 0 aliphatic rings. The average molecular weight is 268 g/mol. The summed E-state index contributed by atoms with van der Waals surface area (Å²) in [6, 6.07) is 6.63. The minimum atomic E-state index is 0.434. The molecule has 1 nitrogen and oxygen atoms in total. The van der Waals surface area contributed by atoms with Crippen molar-refractivity contribution in [1.82, 2.24) is 0 Å². The number of aromatic hydroxyl groups is 1. The highest BCUT2D eigenvalue weighted by Crippen LogP contribution is 2.29. The minimum Gasteiger partial charge on any atom is -0.507 e. The summed E-state index contributed by atoms with van der Waals surface area (Å²) in [5, 5.41) is 10.0. The van der Waals surface area contributed by atoms with E-state index in [-0.39, 0.29) is 0 Å². The van der Waals surface area contributed by atoms with Crippen molar-refractivity contribution in [3.63, 3.8) is 0 Å². The molecule has 2 rings (SSSR count). The summed E-state index contributed by atoms with van der Waals surface area (Å²) in [6.45, 7) is 12.6. The summed E-state index contributed by atoms with van der Waals surface area (Å²) in [7, 11) is 0. The van der Waals surface area contributed by atoms with E-state index >= 15 is 0 Å². The van der Waals surface area contributed by atoms with Crippen LogP contribution in [-0.2, 0) is 6.42 Å². The molecule has 1 N–H and O–H groups in total. The first kappa shape index (κ1) is 14.6. The zero-order valence-electron chi connectivity index (χ0n) is 13.4. The Bertz CT molecular complexity index is 666. The fraction of sp³-hybridized carbons (Fsp3) is 0.368. The Morgan fingerprint density at radius 2 is 1.30 bits per heavy atom. The van der Waals surface area contributed by atoms with Crippen LogP contribution in [0.15, 0.2) is 18.2 Å². The van der Waals surface area contributed by atoms with Gasteiger partial charge in [-0.25, -0.2) is 0 Å². The maximum absolute atomic E-state index is 10.0. The van der Waals surface area contributed by atoms with Gasteiger partial charge < -0.3 is 5.11 Å². The maximum Gasteiger partial charge on any atom is 0.121 e. The van der Waals surface area contributed by atoms with Gasteiger partial charge >= 0.3 is 0 Å². The van der Waals surface area contributed by atoms with Crippen molar-refractivity contribution in [3.8, 4) is 5.75 Å². The Kier molecular flexibility index (Phi) is 3.89. The zero-order valence-corrected chi connectivity index (χ0v) is 13.4. The van der Waals surface area contributed by atoms with Crippen molar-refractivity contribution in [2.24, 2.45) is 0 Å². The van der Waals surface area contributed by atoms with Gasteiger partial charge in [-0.3, -0.25) is 0 Å². The van der Waals surface area contributed by atoms with Crippen LogP contribution in [0.1, 0.15) is 44.5 Å². The van der Waals surface area contributed by atoms with Gasteiger partial charge in [-0.2, -0.15) is 0 Å². The van der Waals surface area contributed by atoms with Gasteiger partial charge in [0.2, 0.25) is 0 Å². The van der Waals surface area contributed by atoms with E-state index in [0.29, 0.717) is 5.75 Å². The molecule has 0 aliphatic heterocycles. The Balaban J connectivity index is 2.51. The minimum absolute atomic E-state index is 0.434. The second-order valence-electron chi connectivity index (χ2n) is 5.99. The van der Waals surface area contributed by atoms with Gasteiger partial charge in [0.25, 0.3) is 0 Å². The van der Waals surface area contributed by atoms with Crippen LogP contribution in [0.2, 0.25) is 0 Å². The Labute approximate surface area is 122 Å². The number of benzene rings is 2. The molecule has 0 saturated heterocycles. The summed E-state index contributed by atoms with van der Waals surface area (Å²) in [5.74, 6) is 0.434. The van der Waals surface area contributed by atoms with Crippen molar-refractivity contribution < 1.29 is 5.11 Å². The first-order chi connectivity index (χ1) is 9.31. The van der Waals surface area contributed by atoms with Crippen molar-refractivity contribution in [2.75, 3.05) is 0 Å². The summed E-state index contributed by atoms with van der Waals surface area (Å²) in [4.78, 5) is 0. The third-order valence-electron chi connectivity index (χ3n) is 4.46. The Morgan fingerprint density at radius 1 is 0.700 bits per heavy atom. The van der Waals surface area contributed by atoms with Gasteiger partial charge in [-0.05, 0) is 86.9 Å².